The highest BCUT2D eigenvalue weighted by molar-refractivity contribution is 8.13. The number of carbonyl (C=O) groups excluding carboxylic acids is 1. The molecule has 8 nitrogen and oxygen atoms in total. The van der Waals surface area contributed by atoms with Crippen LogP contribution in [0, 0.1) is 5.92 Å². The Balaban J connectivity index is 1.57. The fraction of sp³-hybridized carbons (Fsp3) is 0.529. The molecule has 3 atom stereocenters. The first-order chi connectivity index (χ1) is 13.0. The number of rotatable bonds is 4. The number of thiazole rings is 1. The van der Waals surface area contributed by atoms with E-state index in [-0.39, 0.29) is 12.0 Å². The molecule has 10 heteroatoms. The number of thioether (sulfide) groups is 1. The van der Waals surface area contributed by atoms with Crippen molar-refractivity contribution in [3.63, 3.8) is 0 Å². The van der Waals surface area contributed by atoms with Crippen molar-refractivity contribution in [3.8, 4) is 0 Å². The van der Waals surface area contributed by atoms with Gasteiger partial charge in [0.2, 0.25) is 0 Å². The first-order valence-electron chi connectivity index (χ1n) is 8.89. The Morgan fingerprint density at radius 1 is 1.56 bits per heavy atom. The number of hydrogen-bond acceptors (Lipinski definition) is 8. The number of hydrogen-bond donors (Lipinski definition) is 2. The number of fused-ring (bicyclic) bond motifs is 1. The van der Waals surface area contributed by atoms with Crippen LogP contribution in [0.1, 0.15) is 35.6 Å². The minimum atomic E-state index is -0.553. The van der Waals surface area contributed by atoms with Gasteiger partial charge in [-0.1, -0.05) is 11.8 Å². The maximum atomic E-state index is 12.4. The van der Waals surface area contributed by atoms with Gasteiger partial charge < -0.3 is 15.8 Å². The van der Waals surface area contributed by atoms with E-state index in [2.05, 4.69) is 22.3 Å². The minimum absolute atomic E-state index is 0.201. The highest BCUT2D eigenvalue weighted by Gasteiger charge is 2.49. The van der Waals surface area contributed by atoms with Gasteiger partial charge in [0.15, 0.2) is 5.17 Å². The van der Waals surface area contributed by atoms with Gasteiger partial charge in [-0.25, -0.2) is 9.98 Å². The van der Waals surface area contributed by atoms with E-state index < -0.39 is 5.54 Å². The average molecular weight is 407 g/mol. The first-order valence-corrected chi connectivity index (χ1v) is 10.8. The van der Waals surface area contributed by atoms with E-state index in [0.717, 1.165) is 17.2 Å². The molecule has 2 aliphatic heterocycles. The van der Waals surface area contributed by atoms with Crippen LogP contribution < -0.4 is 11.1 Å². The second kappa shape index (κ2) is 7.25. The molecule has 1 amide bonds. The van der Waals surface area contributed by atoms with Gasteiger partial charge in [0, 0.05) is 29.8 Å². The summed E-state index contributed by atoms with van der Waals surface area (Å²) in [5.41, 5.74) is 5.99. The van der Waals surface area contributed by atoms with Crippen molar-refractivity contribution < 1.29 is 9.53 Å². The van der Waals surface area contributed by atoms with Gasteiger partial charge in [-0.2, -0.15) is 5.10 Å². The number of nitrogens with zero attached hydrogens (tertiary/aromatic N) is 4. The van der Waals surface area contributed by atoms with Crippen LogP contribution in [0.3, 0.4) is 0 Å². The Labute approximate surface area is 165 Å². The third-order valence-corrected chi connectivity index (χ3v) is 6.92. The van der Waals surface area contributed by atoms with Gasteiger partial charge in [0.1, 0.15) is 16.4 Å². The second-order valence-electron chi connectivity index (χ2n) is 6.82. The fourth-order valence-electron chi connectivity index (χ4n) is 3.45. The predicted molar refractivity (Wildman–Crippen MR) is 107 cm³/mol. The molecule has 1 fully saturated rings. The Morgan fingerprint density at radius 3 is 3.19 bits per heavy atom. The number of ether oxygens (including phenoxy) is 1. The number of aromatic nitrogens is 3. The van der Waals surface area contributed by atoms with Crippen LogP contribution in [0.5, 0.6) is 0 Å². The lowest BCUT2D eigenvalue weighted by Gasteiger charge is -2.44. The largest absolute Gasteiger partial charge is 0.379 e. The van der Waals surface area contributed by atoms with Crippen LogP contribution in [0.25, 0.3) is 0 Å². The first kappa shape index (κ1) is 18.5. The third-order valence-electron chi connectivity index (χ3n) is 4.96. The minimum Gasteiger partial charge on any atom is -0.379 e. The summed E-state index contributed by atoms with van der Waals surface area (Å²) in [6, 6.07) is 0. The molecule has 0 unspecified atom stereocenters. The molecule has 0 saturated carbocycles. The van der Waals surface area contributed by atoms with Crippen molar-refractivity contribution in [1.82, 2.24) is 14.8 Å². The summed E-state index contributed by atoms with van der Waals surface area (Å²) < 4.78 is 7.64. The van der Waals surface area contributed by atoms with Gasteiger partial charge in [0.05, 0.1) is 24.5 Å². The van der Waals surface area contributed by atoms with Crippen LogP contribution in [0.4, 0.5) is 5.82 Å². The zero-order valence-electron chi connectivity index (χ0n) is 15.2. The summed E-state index contributed by atoms with van der Waals surface area (Å²) in [6.07, 6.45) is 4.39. The van der Waals surface area contributed by atoms with Crippen LogP contribution >= 0.6 is 23.1 Å². The van der Waals surface area contributed by atoms with Crippen molar-refractivity contribution in [2.75, 3.05) is 17.7 Å². The van der Waals surface area contributed by atoms with Gasteiger partial charge in [-0.05, 0) is 20.3 Å². The maximum Gasteiger partial charge on any atom is 0.260 e. The molecule has 0 radical (unpaired) electrons. The van der Waals surface area contributed by atoms with Gasteiger partial charge in [-0.15, -0.1) is 11.3 Å². The molecule has 2 aromatic rings. The zero-order valence-corrected chi connectivity index (χ0v) is 16.8. The lowest BCUT2D eigenvalue weighted by Crippen LogP contribution is -2.49. The highest BCUT2D eigenvalue weighted by Crippen LogP contribution is 2.46. The number of aliphatic imine (C=N–C) groups is 1. The number of amides is 1. The molecule has 27 heavy (non-hydrogen) atoms. The van der Waals surface area contributed by atoms with Gasteiger partial charge >= 0.3 is 0 Å². The topological polar surface area (TPSA) is 107 Å². The molecule has 144 valence electrons. The second-order valence-corrected chi connectivity index (χ2v) is 8.71. The standard InChI is InChI=1S/C17H22N6O2S2/c1-3-23-6-11(5-19-23)14(24)20-13-8-26-15(21-13)17-9-25-10(2)4-12(17)7-27-16(18)22-17/h5-6,8,10,12H,3-4,7,9H2,1-2H3,(H2,18,22)(H,20,24)/t10-,12-,17-/m0/s1. The summed E-state index contributed by atoms with van der Waals surface area (Å²) in [6.45, 7) is 5.23. The van der Waals surface area contributed by atoms with E-state index in [1.807, 2.05) is 12.3 Å². The smallest absolute Gasteiger partial charge is 0.260 e. The summed E-state index contributed by atoms with van der Waals surface area (Å²) >= 11 is 3.07. The highest BCUT2D eigenvalue weighted by atomic mass is 32.2. The van der Waals surface area contributed by atoms with E-state index in [0.29, 0.717) is 35.6 Å². The lowest BCUT2D eigenvalue weighted by atomic mass is 9.80. The fourth-order valence-corrected chi connectivity index (χ4v) is 5.42. The average Bonchev–Trinajstić information content (AvgIpc) is 3.31. The number of carbonyl (C=O) groups is 1. The molecule has 4 heterocycles. The quantitative estimate of drug-likeness (QED) is 0.807. The molecule has 2 aliphatic rings. The molecular formula is C17H22N6O2S2. The van der Waals surface area contributed by atoms with Gasteiger partial charge in [-0.3, -0.25) is 9.48 Å². The monoisotopic (exact) mass is 406 g/mol. The van der Waals surface area contributed by atoms with Crippen molar-refractivity contribution in [3.05, 3.63) is 28.3 Å². The predicted octanol–water partition coefficient (Wildman–Crippen LogP) is 2.29. The van der Waals surface area contributed by atoms with E-state index in [4.69, 9.17) is 15.5 Å². The Bertz CT molecular complexity index is 878. The van der Waals surface area contributed by atoms with Crippen molar-refractivity contribution in [2.45, 2.75) is 38.5 Å². The summed E-state index contributed by atoms with van der Waals surface area (Å²) in [7, 11) is 0. The molecular weight excluding hydrogens is 384 g/mol. The Morgan fingerprint density at radius 2 is 2.41 bits per heavy atom. The number of anilines is 1. The Kier molecular flexibility index (Phi) is 4.95. The molecule has 0 spiro atoms. The molecule has 3 N–H and O–H groups in total. The summed E-state index contributed by atoms with van der Waals surface area (Å²) in [4.78, 5) is 21.9. The SMILES string of the molecule is CCn1cc(C(=O)Nc2csc([C@]34CO[C@@H](C)C[C@H]3CSC(N)=N4)n2)cn1. The number of amidine groups is 1. The molecule has 0 aliphatic carbocycles. The van der Waals surface area contributed by atoms with Crippen LogP contribution in [0.2, 0.25) is 0 Å². The van der Waals surface area contributed by atoms with Crippen LogP contribution in [-0.4, -0.2) is 44.3 Å². The van der Waals surface area contributed by atoms with Crippen molar-refractivity contribution in [2.24, 2.45) is 16.6 Å². The Hall–Kier alpha value is -1.91. The summed E-state index contributed by atoms with van der Waals surface area (Å²) in [5, 5.41) is 10.2. The zero-order chi connectivity index (χ0) is 19.0. The van der Waals surface area contributed by atoms with E-state index in [1.165, 1.54) is 11.3 Å². The number of nitrogens with one attached hydrogen (secondary N) is 1. The van der Waals surface area contributed by atoms with E-state index >= 15 is 0 Å². The molecule has 0 aromatic carbocycles. The van der Waals surface area contributed by atoms with Crippen molar-refractivity contribution in [1.29, 1.82) is 0 Å². The molecule has 1 saturated heterocycles. The molecule has 2 aromatic heterocycles. The van der Waals surface area contributed by atoms with Crippen molar-refractivity contribution >= 4 is 40.0 Å². The number of nitrogens with two attached hydrogens (primary N) is 1. The maximum absolute atomic E-state index is 12.4. The van der Waals surface area contributed by atoms with E-state index in [1.54, 1.807) is 28.8 Å². The van der Waals surface area contributed by atoms with Crippen LogP contribution in [0.15, 0.2) is 22.8 Å². The summed E-state index contributed by atoms with van der Waals surface area (Å²) in [5.74, 6) is 1.51. The normalized spacial score (nSPS) is 27.7. The number of aryl methyl sites for hydroxylation is 1. The van der Waals surface area contributed by atoms with E-state index in [9.17, 15) is 4.79 Å². The molecule has 4 rings (SSSR count). The third kappa shape index (κ3) is 3.48. The van der Waals surface area contributed by atoms with Gasteiger partial charge in [0.25, 0.3) is 5.91 Å². The molecule has 0 bridgehead atoms. The van der Waals surface area contributed by atoms with Crippen LogP contribution in [-0.2, 0) is 16.8 Å². The lowest BCUT2D eigenvalue weighted by molar-refractivity contribution is -0.0466.